The molecule has 1 aliphatic carbocycles. The molecule has 56 heavy (non-hydrogen) atoms. The Morgan fingerprint density at radius 2 is 1.02 bits per heavy atom. The summed E-state index contributed by atoms with van der Waals surface area (Å²) < 4.78 is 4.99. The minimum absolute atomic E-state index is 0.956. The van der Waals surface area contributed by atoms with Crippen molar-refractivity contribution in [2.75, 3.05) is 0 Å². The van der Waals surface area contributed by atoms with Gasteiger partial charge >= 0.3 is 0 Å². The van der Waals surface area contributed by atoms with Crippen molar-refractivity contribution in [3.8, 4) is 33.9 Å². The molecule has 0 atom stereocenters. The standard InChI is InChI=1S/C53H35N3/c1-4-14-37-29-40(23-21-34(37)11-1)47-32-43(33-48(54-47)41-24-22-35-12-2-5-15-38(35)30-41)56-49-19-9-7-17-44(49)45-27-28-51-52(53(45)56)46-18-8-10-20-50(46)55(51)42-26-25-36-13-3-6-16-39(36)31-42/h1-6,8-16,18-33H,7,17H2. The topological polar surface area (TPSA) is 22.8 Å². The number of aryl methyl sites for hydroxylation is 1. The quantitative estimate of drug-likeness (QED) is 0.178. The van der Waals surface area contributed by atoms with Crippen molar-refractivity contribution in [2.24, 2.45) is 0 Å². The van der Waals surface area contributed by atoms with Crippen LogP contribution >= 0.6 is 0 Å². The van der Waals surface area contributed by atoms with E-state index in [9.17, 15) is 0 Å². The van der Waals surface area contributed by atoms with Crippen LogP contribution in [0.5, 0.6) is 0 Å². The van der Waals surface area contributed by atoms with Gasteiger partial charge in [-0.3, -0.25) is 0 Å². The first kappa shape index (κ1) is 31.2. The highest BCUT2D eigenvalue weighted by molar-refractivity contribution is 6.22. The molecule has 0 radical (unpaired) electrons. The number of pyridine rings is 1. The van der Waals surface area contributed by atoms with Crippen LogP contribution in [0.15, 0.2) is 182 Å². The highest BCUT2D eigenvalue weighted by Crippen LogP contribution is 2.44. The molecule has 8 aromatic carbocycles. The van der Waals surface area contributed by atoms with Gasteiger partial charge in [-0.25, -0.2) is 4.98 Å². The molecule has 3 heterocycles. The summed E-state index contributed by atoms with van der Waals surface area (Å²) in [6, 6.07) is 64.3. The summed E-state index contributed by atoms with van der Waals surface area (Å²) in [6.07, 6.45) is 6.72. The van der Waals surface area contributed by atoms with E-state index in [1.54, 1.807) is 0 Å². The van der Waals surface area contributed by atoms with Crippen molar-refractivity contribution in [1.82, 2.24) is 14.1 Å². The summed E-state index contributed by atoms with van der Waals surface area (Å²) in [5.41, 5.74) is 12.7. The first-order valence-electron chi connectivity index (χ1n) is 19.5. The van der Waals surface area contributed by atoms with E-state index in [1.165, 1.54) is 76.3 Å². The van der Waals surface area contributed by atoms with Crippen LogP contribution in [0.2, 0.25) is 0 Å². The molecule has 11 aromatic rings. The molecule has 3 nitrogen and oxygen atoms in total. The Kier molecular flexibility index (Phi) is 6.75. The number of nitrogens with zero attached hydrogens (tertiary/aromatic N) is 3. The molecule has 0 N–H and O–H groups in total. The minimum atomic E-state index is 0.956. The van der Waals surface area contributed by atoms with Gasteiger partial charge in [-0.05, 0) is 105 Å². The van der Waals surface area contributed by atoms with Gasteiger partial charge in [-0.15, -0.1) is 0 Å². The lowest BCUT2D eigenvalue weighted by Crippen LogP contribution is -2.02. The van der Waals surface area contributed by atoms with Crippen LogP contribution in [0.4, 0.5) is 0 Å². The average Bonchev–Trinajstić information content (AvgIpc) is 3.79. The van der Waals surface area contributed by atoms with Crippen molar-refractivity contribution >= 4 is 71.1 Å². The van der Waals surface area contributed by atoms with Crippen LogP contribution < -0.4 is 0 Å². The number of hydrogen-bond acceptors (Lipinski definition) is 1. The van der Waals surface area contributed by atoms with Crippen LogP contribution in [-0.2, 0) is 6.42 Å². The van der Waals surface area contributed by atoms with Crippen molar-refractivity contribution in [1.29, 1.82) is 0 Å². The Hall–Kier alpha value is -7.23. The summed E-state index contributed by atoms with van der Waals surface area (Å²) in [6.45, 7) is 0. The third-order valence-corrected chi connectivity index (χ3v) is 11.9. The predicted molar refractivity (Wildman–Crippen MR) is 236 cm³/mol. The fourth-order valence-corrected chi connectivity index (χ4v) is 9.27. The van der Waals surface area contributed by atoms with Gasteiger partial charge in [0.2, 0.25) is 0 Å². The van der Waals surface area contributed by atoms with E-state index in [0.29, 0.717) is 0 Å². The van der Waals surface area contributed by atoms with Gasteiger partial charge in [-0.2, -0.15) is 0 Å². The second kappa shape index (κ2) is 12.1. The molecule has 12 rings (SSSR count). The minimum Gasteiger partial charge on any atom is -0.309 e. The van der Waals surface area contributed by atoms with Crippen LogP contribution in [0.1, 0.15) is 17.7 Å². The Labute approximate surface area is 324 Å². The number of rotatable bonds is 4. The maximum atomic E-state index is 5.43. The SMILES string of the molecule is C1=Cc2c(c3ccc4c(c5ccccc5n4-c4ccc5ccccc5c4)c3n2-c2cc(-c3ccc4ccccc4c3)nc(-c3ccc4ccccc4c3)c2)CC1. The van der Waals surface area contributed by atoms with Crippen LogP contribution in [0.25, 0.3) is 105 Å². The summed E-state index contributed by atoms with van der Waals surface area (Å²) in [7, 11) is 0. The molecule has 1 aliphatic rings. The maximum Gasteiger partial charge on any atom is 0.0730 e. The molecule has 3 heteroatoms. The van der Waals surface area contributed by atoms with Crippen LogP contribution in [0.3, 0.4) is 0 Å². The van der Waals surface area contributed by atoms with Gasteiger partial charge in [-0.1, -0.05) is 133 Å². The number of allylic oxidation sites excluding steroid dienone is 1. The molecule has 262 valence electrons. The lowest BCUT2D eigenvalue weighted by molar-refractivity contribution is 0.967. The van der Waals surface area contributed by atoms with E-state index < -0.39 is 0 Å². The molecule has 0 saturated heterocycles. The lowest BCUT2D eigenvalue weighted by atomic mass is 10.00. The van der Waals surface area contributed by atoms with E-state index in [-0.39, 0.29) is 0 Å². The first-order chi connectivity index (χ1) is 27.7. The molecule has 0 spiro atoms. The van der Waals surface area contributed by atoms with Crippen molar-refractivity contribution < 1.29 is 0 Å². The molecule has 0 fully saturated rings. The Bertz CT molecular complexity index is 3330. The maximum absolute atomic E-state index is 5.43. The second-order valence-electron chi connectivity index (χ2n) is 15.1. The third kappa shape index (κ3) is 4.74. The van der Waals surface area contributed by atoms with Crippen LogP contribution in [0, 0.1) is 0 Å². The molecule has 0 unspecified atom stereocenters. The summed E-state index contributed by atoms with van der Waals surface area (Å²) in [5, 5.41) is 11.2. The van der Waals surface area contributed by atoms with Gasteiger partial charge in [0.1, 0.15) is 0 Å². The number of hydrogen-bond donors (Lipinski definition) is 0. The van der Waals surface area contributed by atoms with E-state index in [2.05, 4.69) is 197 Å². The number of fused-ring (bicyclic) bond motifs is 10. The third-order valence-electron chi connectivity index (χ3n) is 11.9. The fraction of sp³-hybridized carbons (Fsp3) is 0.0377. The fourth-order valence-electron chi connectivity index (χ4n) is 9.27. The summed E-state index contributed by atoms with van der Waals surface area (Å²) in [5.74, 6) is 0. The Morgan fingerprint density at radius 1 is 0.429 bits per heavy atom. The largest absolute Gasteiger partial charge is 0.309 e. The number of aromatic nitrogens is 3. The zero-order valence-electron chi connectivity index (χ0n) is 30.7. The smallest absolute Gasteiger partial charge is 0.0730 e. The number of para-hydroxylation sites is 1. The molecule has 0 bridgehead atoms. The molecule has 0 amide bonds. The van der Waals surface area contributed by atoms with Gasteiger partial charge in [0, 0.05) is 38.7 Å². The molecule has 3 aromatic heterocycles. The second-order valence-corrected chi connectivity index (χ2v) is 15.1. The zero-order chi connectivity index (χ0) is 36.7. The Balaban J connectivity index is 1.18. The van der Waals surface area contributed by atoms with E-state index in [4.69, 9.17) is 4.98 Å². The highest BCUT2D eigenvalue weighted by atomic mass is 15.0. The molecule has 0 saturated carbocycles. The number of benzene rings is 8. The molecular formula is C53H35N3. The molecule has 0 aliphatic heterocycles. The van der Waals surface area contributed by atoms with Crippen molar-refractivity contribution in [3.63, 3.8) is 0 Å². The van der Waals surface area contributed by atoms with Gasteiger partial charge in [0.05, 0.1) is 33.6 Å². The zero-order valence-corrected chi connectivity index (χ0v) is 30.7. The van der Waals surface area contributed by atoms with Crippen molar-refractivity contribution in [2.45, 2.75) is 12.8 Å². The highest BCUT2D eigenvalue weighted by Gasteiger charge is 2.25. The normalized spacial score (nSPS) is 12.8. The van der Waals surface area contributed by atoms with Gasteiger partial charge in [0.15, 0.2) is 0 Å². The monoisotopic (exact) mass is 713 g/mol. The van der Waals surface area contributed by atoms with Crippen molar-refractivity contribution in [3.05, 3.63) is 193 Å². The van der Waals surface area contributed by atoms with E-state index in [1.807, 2.05) is 0 Å². The summed E-state index contributed by atoms with van der Waals surface area (Å²) >= 11 is 0. The first-order valence-corrected chi connectivity index (χ1v) is 19.5. The predicted octanol–water partition coefficient (Wildman–Crippen LogP) is 13.9. The lowest BCUT2D eigenvalue weighted by Gasteiger charge is -2.16. The molecular weight excluding hydrogens is 679 g/mol. The van der Waals surface area contributed by atoms with Gasteiger partial charge in [0.25, 0.3) is 0 Å². The van der Waals surface area contributed by atoms with E-state index in [0.717, 1.165) is 46.7 Å². The van der Waals surface area contributed by atoms with Crippen LogP contribution in [-0.4, -0.2) is 14.1 Å². The average molecular weight is 714 g/mol. The van der Waals surface area contributed by atoms with E-state index >= 15 is 0 Å². The van der Waals surface area contributed by atoms with Gasteiger partial charge < -0.3 is 9.13 Å². The Morgan fingerprint density at radius 3 is 1.70 bits per heavy atom. The summed E-state index contributed by atoms with van der Waals surface area (Å²) in [4.78, 5) is 5.43.